The van der Waals surface area contributed by atoms with Crippen molar-refractivity contribution in [3.63, 3.8) is 0 Å². The molecule has 7 nitrogen and oxygen atoms in total. The number of hydrogen-bond acceptors (Lipinski definition) is 6. The number of nitrogens with one attached hydrogen (secondary N) is 1. The third-order valence-electron chi connectivity index (χ3n) is 2.87. The minimum Gasteiger partial charge on any atom is -0.465 e. The van der Waals surface area contributed by atoms with Gasteiger partial charge in [-0.1, -0.05) is 0 Å². The van der Waals surface area contributed by atoms with Gasteiger partial charge in [0.05, 0.1) is 12.2 Å². The molecule has 3 N–H and O–H groups in total. The molecule has 0 aromatic carbocycles. The Labute approximate surface area is 117 Å². The number of nitrogens with two attached hydrogens (primary N) is 1. The fourth-order valence-corrected chi connectivity index (χ4v) is 3.42. The summed E-state index contributed by atoms with van der Waals surface area (Å²) in [6.07, 6.45) is 1.52. The summed E-state index contributed by atoms with van der Waals surface area (Å²) in [6, 6.07) is 3.38. The molecule has 2 aromatic rings. The van der Waals surface area contributed by atoms with Crippen LogP contribution in [0.25, 0.3) is 0 Å². The Morgan fingerprint density at radius 2 is 2.10 bits per heavy atom. The van der Waals surface area contributed by atoms with Crippen LogP contribution in [0.2, 0.25) is 0 Å². The molecule has 0 fully saturated rings. The normalized spacial score (nSPS) is 11.8. The van der Waals surface area contributed by atoms with Gasteiger partial charge in [-0.15, -0.1) is 0 Å². The van der Waals surface area contributed by atoms with Crippen LogP contribution in [0.15, 0.2) is 27.6 Å². The van der Waals surface area contributed by atoms with Gasteiger partial charge in [0.2, 0.25) is 10.0 Å². The Morgan fingerprint density at radius 1 is 1.35 bits per heavy atom. The van der Waals surface area contributed by atoms with E-state index in [9.17, 15) is 8.42 Å². The van der Waals surface area contributed by atoms with Crippen molar-refractivity contribution < 1.29 is 12.8 Å². The number of aryl methyl sites for hydroxylation is 2. The second-order valence-corrected chi connectivity index (χ2v) is 5.97. The second-order valence-electron chi connectivity index (χ2n) is 4.27. The lowest BCUT2D eigenvalue weighted by atomic mass is 10.2. The zero-order valence-corrected chi connectivity index (χ0v) is 12.1. The summed E-state index contributed by atoms with van der Waals surface area (Å²) in [5.41, 5.74) is 6.62. The Kier molecular flexibility index (Phi) is 4.17. The van der Waals surface area contributed by atoms with Crippen molar-refractivity contribution in [2.24, 2.45) is 5.73 Å². The van der Waals surface area contributed by atoms with E-state index in [-0.39, 0.29) is 18.0 Å². The molecule has 108 valence electrons. The van der Waals surface area contributed by atoms with Crippen molar-refractivity contribution in [1.29, 1.82) is 0 Å². The van der Waals surface area contributed by atoms with E-state index >= 15 is 0 Å². The van der Waals surface area contributed by atoms with E-state index in [1.54, 1.807) is 26.0 Å². The van der Waals surface area contributed by atoms with E-state index in [0.717, 1.165) is 0 Å². The van der Waals surface area contributed by atoms with E-state index in [2.05, 4.69) is 14.9 Å². The fraction of sp³-hybridized carbons (Fsp3) is 0.333. The first-order valence-electron chi connectivity index (χ1n) is 6.01. The molecule has 0 spiro atoms. The molecule has 0 aliphatic heterocycles. The first-order chi connectivity index (χ1) is 9.45. The van der Waals surface area contributed by atoms with Gasteiger partial charge in [-0.3, -0.25) is 0 Å². The molecule has 0 atom stereocenters. The number of furan rings is 1. The number of rotatable bonds is 5. The standard InChI is InChI=1S/C12H16N4O3S/c1-8-11(6-13)12(9(2)19-8)20(17,18)15-7-10-4-3-5-14-16-10/h3-5,15H,6-7,13H2,1-2H3. The van der Waals surface area contributed by atoms with E-state index in [1.807, 2.05) is 0 Å². The van der Waals surface area contributed by atoms with Gasteiger partial charge in [-0.25, -0.2) is 13.1 Å². The largest absolute Gasteiger partial charge is 0.465 e. The second kappa shape index (κ2) is 5.70. The van der Waals surface area contributed by atoms with Crippen LogP contribution in [0, 0.1) is 13.8 Å². The minimum atomic E-state index is -3.70. The van der Waals surface area contributed by atoms with Crippen molar-refractivity contribution >= 4 is 10.0 Å². The van der Waals surface area contributed by atoms with Gasteiger partial charge in [0.15, 0.2) is 0 Å². The maximum atomic E-state index is 12.3. The predicted molar refractivity (Wildman–Crippen MR) is 72.1 cm³/mol. The highest BCUT2D eigenvalue weighted by Crippen LogP contribution is 2.26. The molecule has 0 unspecified atom stereocenters. The van der Waals surface area contributed by atoms with Crippen molar-refractivity contribution in [1.82, 2.24) is 14.9 Å². The van der Waals surface area contributed by atoms with Gasteiger partial charge in [0.1, 0.15) is 16.4 Å². The van der Waals surface area contributed by atoms with Crippen LogP contribution in [-0.4, -0.2) is 18.6 Å². The van der Waals surface area contributed by atoms with Crippen molar-refractivity contribution in [3.05, 3.63) is 41.1 Å². The van der Waals surface area contributed by atoms with Gasteiger partial charge in [-0.05, 0) is 26.0 Å². The molecular weight excluding hydrogens is 280 g/mol. The molecule has 8 heteroatoms. The molecule has 0 radical (unpaired) electrons. The van der Waals surface area contributed by atoms with Crippen LogP contribution in [0.3, 0.4) is 0 Å². The lowest BCUT2D eigenvalue weighted by Crippen LogP contribution is -2.25. The Morgan fingerprint density at radius 3 is 2.70 bits per heavy atom. The molecule has 2 heterocycles. The molecule has 0 aliphatic rings. The number of sulfonamides is 1. The van der Waals surface area contributed by atoms with Crippen LogP contribution in [0.4, 0.5) is 0 Å². The molecule has 0 saturated carbocycles. The highest BCUT2D eigenvalue weighted by atomic mass is 32.2. The zero-order valence-electron chi connectivity index (χ0n) is 11.3. The Hall–Kier alpha value is -1.77. The monoisotopic (exact) mass is 296 g/mol. The minimum absolute atomic E-state index is 0.0594. The molecule has 0 aliphatic carbocycles. The average molecular weight is 296 g/mol. The highest BCUT2D eigenvalue weighted by molar-refractivity contribution is 7.89. The maximum Gasteiger partial charge on any atom is 0.244 e. The molecule has 0 amide bonds. The van der Waals surface area contributed by atoms with Crippen molar-refractivity contribution in [2.45, 2.75) is 31.8 Å². The summed E-state index contributed by atoms with van der Waals surface area (Å²) in [5, 5.41) is 7.51. The van der Waals surface area contributed by atoms with E-state index in [0.29, 0.717) is 22.8 Å². The quantitative estimate of drug-likeness (QED) is 0.837. The van der Waals surface area contributed by atoms with Crippen LogP contribution >= 0.6 is 0 Å². The Bertz CT molecular complexity index is 695. The summed E-state index contributed by atoms with van der Waals surface area (Å²) in [4.78, 5) is 0.112. The third-order valence-corrected chi connectivity index (χ3v) is 4.46. The molecule has 2 aromatic heterocycles. The molecule has 20 heavy (non-hydrogen) atoms. The molecule has 0 bridgehead atoms. The summed E-state index contributed by atoms with van der Waals surface area (Å²) in [5.74, 6) is 0.847. The Balaban J connectivity index is 2.27. The predicted octanol–water partition coefficient (Wildman–Crippen LogP) is 0.624. The summed E-state index contributed by atoms with van der Waals surface area (Å²) in [6.45, 7) is 3.45. The lowest BCUT2D eigenvalue weighted by Gasteiger charge is -2.07. The van der Waals surface area contributed by atoms with E-state index in [1.165, 1.54) is 6.20 Å². The maximum absolute atomic E-state index is 12.3. The lowest BCUT2D eigenvalue weighted by molar-refractivity contribution is 0.494. The SMILES string of the molecule is Cc1oc(C)c(S(=O)(=O)NCc2cccnn2)c1CN. The topological polar surface area (TPSA) is 111 Å². The van der Waals surface area contributed by atoms with Crippen LogP contribution in [0.1, 0.15) is 22.8 Å². The third kappa shape index (κ3) is 2.87. The summed E-state index contributed by atoms with van der Waals surface area (Å²) in [7, 11) is -3.70. The molecule has 2 rings (SSSR count). The first kappa shape index (κ1) is 14.6. The smallest absolute Gasteiger partial charge is 0.244 e. The van der Waals surface area contributed by atoms with E-state index in [4.69, 9.17) is 10.2 Å². The van der Waals surface area contributed by atoms with Gasteiger partial charge in [0.25, 0.3) is 0 Å². The van der Waals surface area contributed by atoms with Crippen molar-refractivity contribution in [3.8, 4) is 0 Å². The first-order valence-corrected chi connectivity index (χ1v) is 7.49. The van der Waals surface area contributed by atoms with E-state index < -0.39 is 10.0 Å². The van der Waals surface area contributed by atoms with Gasteiger partial charge in [0, 0.05) is 18.3 Å². The van der Waals surface area contributed by atoms with Crippen LogP contribution in [0.5, 0.6) is 0 Å². The number of nitrogens with zero attached hydrogens (tertiary/aromatic N) is 2. The molecular formula is C12H16N4O3S. The van der Waals surface area contributed by atoms with Crippen LogP contribution < -0.4 is 10.5 Å². The van der Waals surface area contributed by atoms with Gasteiger partial charge >= 0.3 is 0 Å². The summed E-state index contributed by atoms with van der Waals surface area (Å²) >= 11 is 0. The van der Waals surface area contributed by atoms with Crippen LogP contribution in [-0.2, 0) is 23.1 Å². The number of aromatic nitrogens is 2. The zero-order chi connectivity index (χ0) is 14.8. The fourth-order valence-electron chi connectivity index (χ4n) is 1.97. The number of hydrogen-bond donors (Lipinski definition) is 2. The van der Waals surface area contributed by atoms with Crippen molar-refractivity contribution in [2.75, 3.05) is 0 Å². The molecule has 0 saturated heterocycles. The summed E-state index contributed by atoms with van der Waals surface area (Å²) < 4.78 is 32.5. The van der Waals surface area contributed by atoms with Gasteiger partial charge < -0.3 is 10.2 Å². The highest BCUT2D eigenvalue weighted by Gasteiger charge is 2.25. The van der Waals surface area contributed by atoms with Gasteiger partial charge in [-0.2, -0.15) is 10.2 Å². The average Bonchev–Trinajstić information content (AvgIpc) is 2.72.